The van der Waals surface area contributed by atoms with Gasteiger partial charge in [-0.25, -0.2) is 4.98 Å². The van der Waals surface area contributed by atoms with Crippen molar-refractivity contribution in [2.75, 3.05) is 11.9 Å². The minimum Gasteiger partial charge on any atom is -0.394 e. The maximum atomic E-state index is 12.6. The van der Waals surface area contributed by atoms with Gasteiger partial charge in [0, 0.05) is 6.20 Å². The number of nitrogens with one attached hydrogen (secondary N) is 1. The molecule has 1 aliphatic rings. The van der Waals surface area contributed by atoms with Crippen LogP contribution in [-0.4, -0.2) is 22.2 Å². The number of aliphatic hydroxyl groups is 1. The van der Waals surface area contributed by atoms with Crippen molar-refractivity contribution in [3.63, 3.8) is 0 Å². The van der Waals surface area contributed by atoms with Gasteiger partial charge in [0.2, 0.25) is 0 Å². The van der Waals surface area contributed by atoms with Gasteiger partial charge in [0.25, 0.3) is 0 Å². The Morgan fingerprint density at radius 2 is 2.05 bits per heavy atom. The number of hydrogen-bond acceptors (Lipinski definition) is 3. The highest BCUT2D eigenvalue weighted by atomic mass is 35.5. The first-order valence-electron chi connectivity index (χ1n) is 6.87. The fraction of sp³-hybridized carbons (Fsp3) is 0.643. The number of nitrogens with zero attached hydrogens (tertiary/aromatic N) is 1. The van der Waals surface area contributed by atoms with Crippen LogP contribution in [0.2, 0.25) is 5.02 Å². The maximum Gasteiger partial charge on any atom is 0.417 e. The summed E-state index contributed by atoms with van der Waals surface area (Å²) in [6, 6.07) is 0.855. The van der Waals surface area contributed by atoms with Crippen LogP contribution in [0.4, 0.5) is 19.0 Å². The Bertz CT molecular complexity index is 499. The number of alkyl halides is 3. The van der Waals surface area contributed by atoms with Crippen molar-refractivity contribution in [2.24, 2.45) is 5.92 Å². The van der Waals surface area contributed by atoms with E-state index >= 15 is 0 Å². The minimum absolute atomic E-state index is 0.0868. The highest BCUT2D eigenvalue weighted by Gasteiger charge is 2.35. The molecule has 0 aliphatic heterocycles. The summed E-state index contributed by atoms with van der Waals surface area (Å²) in [6.45, 7) is 2.05. The Hall–Kier alpha value is -1.01. The number of rotatable bonds is 3. The van der Waals surface area contributed by atoms with Crippen LogP contribution in [0.3, 0.4) is 0 Å². The van der Waals surface area contributed by atoms with Crippen LogP contribution in [0.1, 0.15) is 38.2 Å². The molecule has 0 spiro atoms. The Morgan fingerprint density at radius 1 is 1.43 bits per heavy atom. The molecule has 0 aromatic carbocycles. The number of halogens is 4. The fourth-order valence-electron chi connectivity index (χ4n) is 2.57. The number of pyridine rings is 1. The SMILES string of the molecule is CC1CCC(CO)(Nc2ncc(C(F)(F)F)cc2Cl)CC1. The summed E-state index contributed by atoms with van der Waals surface area (Å²) in [7, 11) is 0. The first-order chi connectivity index (χ1) is 9.76. The molecule has 1 aromatic heterocycles. The van der Waals surface area contributed by atoms with Crippen molar-refractivity contribution in [1.29, 1.82) is 0 Å². The van der Waals surface area contributed by atoms with Crippen LogP contribution < -0.4 is 5.32 Å². The Kier molecular flexibility index (Phi) is 4.68. The summed E-state index contributed by atoms with van der Waals surface area (Å²) in [5.41, 5.74) is -1.43. The van der Waals surface area contributed by atoms with Gasteiger partial charge in [-0.2, -0.15) is 13.2 Å². The summed E-state index contributed by atoms with van der Waals surface area (Å²) >= 11 is 5.90. The van der Waals surface area contributed by atoms with Crippen molar-refractivity contribution < 1.29 is 18.3 Å². The van der Waals surface area contributed by atoms with Gasteiger partial charge in [-0.05, 0) is 37.7 Å². The summed E-state index contributed by atoms with van der Waals surface area (Å²) in [5.74, 6) is 0.774. The molecule has 1 heterocycles. The quantitative estimate of drug-likeness (QED) is 0.880. The lowest BCUT2D eigenvalue weighted by Gasteiger charge is -2.39. The van der Waals surface area contributed by atoms with Gasteiger partial charge in [0.15, 0.2) is 0 Å². The average Bonchev–Trinajstić information content (AvgIpc) is 2.43. The molecule has 0 bridgehead atoms. The molecular weight excluding hydrogens is 305 g/mol. The number of aromatic nitrogens is 1. The predicted octanol–water partition coefficient (Wildman–Crippen LogP) is 4.11. The van der Waals surface area contributed by atoms with E-state index in [0.717, 1.165) is 37.9 Å². The second kappa shape index (κ2) is 6.01. The zero-order chi connectivity index (χ0) is 15.7. The largest absolute Gasteiger partial charge is 0.417 e. The van der Waals surface area contributed by atoms with Gasteiger partial charge in [0.05, 0.1) is 22.7 Å². The Morgan fingerprint density at radius 3 is 2.52 bits per heavy atom. The monoisotopic (exact) mass is 322 g/mol. The highest BCUT2D eigenvalue weighted by Crippen LogP contribution is 2.37. The van der Waals surface area contributed by atoms with Gasteiger partial charge >= 0.3 is 6.18 Å². The molecule has 0 amide bonds. The van der Waals surface area contributed by atoms with Crippen LogP contribution in [-0.2, 0) is 6.18 Å². The van der Waals surface area contributed by atoms with E-state index in [0.29, 0.717) is 5.92 Å². The molecule has 2 N–H and O–H groups in total. The second-order valence-corrected chi connectivity index (χ2v) is 6.21. The van der Waals surface area contributed by atoms with E-state index in [1.54, 1.807) is 0 Å². The Labute approximate surface area is 126 Å². The van der Waals surface area contributed by atoms with Crippen LogP contribution in [0, 0.1) is 5.92 Å². The third kappa shape index (κ3) is 3.80. The molecular formula is C14H18ClF3N2O. The van der Waals surface area contributed by atoms with Crippen molar-refractivity contribution >= 4 is 17.4 Å². The van der Waals surface area contributed by atoms with Crippen LogP contribution in [0.5, 0.6) is 0 Å². The van der Waals surface area contributed by atoms with Crippen LogP contribution in [0.15, 0.2) is 12.3 Å². The molecule has 0 saturated heterocycles. The molecule has 1 aromatic rings. The maximum absolute atomic E-state index is 12.6. The van der Waals surface area contributed by atoms with Crippen LogP contribution in [0.25, 0.3) is 0 Å². The summed E-state index contributed by atoms with van der Waals surface area (Å²) in [4.78, 5) is 3.78. The lowest BCUT2D eigenvalue weighted by molar-refractivity contribution is -0.137. The predicted molar refractivity (Wildman–Crippen MR) is 75.3 cm³/mol. The molecule has 7 heteroatoms. The molecule has 3 nitrogen and oxygen atoms in total. The van der Waals surface area contributed by atoms with Crippen molar-refractivity contribution in [1.82, 2.24) is 4.98 Å². The topological polar surface area (TPSA) is 45.1 Å². The third-order valence-electron chi connectivity index (χ3n) is 4.09. The van der Waals surface area contributed by atoms with E-state index in [1.807, 2.05) is 0 Å². The molecule has 118 valence electrons. The molecule has 1 fully saturated rings. The van der Waals surface area contributed by atoms with Gasteiger partial charge < -0.3 is 10.4 Å². The first kappa shape index (κ1) is 16.4. The molecule has 1 aliphatic carbocycles. The zero-order valence-corrected chi connectivity index (χ0v) is 12.4. The lowest BCUT2D eigenvalue weighted by atomic mass is 9.77. The number of hydrogen-bond donors (Lipinski definition) is 2. The molecule has 0 unspecified atom stereocenters. The molecule has 21 heavy (non-hydrogen) atoms. The van der Waals surface area contributed by atoms with Gasteiger partial charge in [-0.1, -0.05) is 18.5 Å². The Balaban J connectivity index is 2.19. The van der Waals surface area contributed by atoms with Crippen LogP contribution >= 0.6 is 11.6 Å². The smallest absolute Gasteiger partial charge is 0.394 e. The summed E-state index contributed by atoms with van der Waals surface area (Å²) in [5, 5.41) is 12.6. The van der Waals surface area contributed by atoms with E-state index in [9.17, 15) is 18.3 Å². The lowest BCUT2D eigenvalue weighted by Crippen LogP contribution is -2.45. The summed E-state index contributed by atoms with van der Waals surface area (Å²) in [6.07, 6.45) is -0.333. The van der Waals surface area contributed by atoms with Crippen molar-refractivity contribution in [2.45, 2.75) is 44.3 Å². The molecule has 2 rings (SSSR count). The zero-order valence-electron chi connectivity index (χ0n) is 11.7. The van der Waals surface area contributed by atoms with E-state index in [1.165, 1.54) is 0 Å². The summed E-state index contributed by atoms with van der Waals surface area (Å²) < 4.78 is 37.8. The van der Waals surface area contributed by atoms with Gasteiger partial charge in [-0.3, -0.25) is 0 Å². The van der Waals surface area contributed by atoms with E-state index in [2.05, 4.69) is 17.2 Å². The van der Waals surface area contributed by atoms with E-state index in [-0.39, 0.29) is 17.4 Å². The molecule has 0 atom stereocenters. The number of anilines is 1. The fourth-order valence-corrected chi connectivity index (χ4v) is 2.79. The first-order valence-corrected chi connectivity index (χ1v) is 7.25. The van der Waals surface area contributed by atoms with Crippen molar-refractivity contribution in [3.05, 3.63) is 22.8 Å². The highest BCUT2D eigenvalue weighted by molar-refractivity contribution is 6.33. The van der Waals surface area contributed by atoms with Crippen molar-refractivity contribution in [3.8, 4) is 0 Å². The normalized spacial score (nSPS) is 26.7. The average molecular weight is 323 g/mol. The van der Waals surface area contributed by atoms with E-state index < -0.39 is 17.3 Å². The van der Waals surface area contributed by atoms with Gasteiger partial charge in [0.1, 0.15) is 5.82 Å². The van der Waals surface area contributed by atoms with Gasteiger partial charge in [-0.15, -0.1) is 0 Å². The molecule has 0 radical (unpaired) electrons. The number of aliphatic hydroxyl groups excluding tert-OH is 1. The van der Waals surface area contributed by atoms with E-state index in [4.69, 9.17) is 11.6 Å². The second-order valence-electron chi connectivity index (χ2n) is 5.80. The standard InChI is InChI=1S/C14H18ClF3N2O/c1-9-2-4-13(8-21,5-3-9)20-12-11(15)6-10(7-19-12)14(16,17)18/h6-7,9,21H,2-5,8H2,1H3,(H,19,20). The third-order valence-corrected chi connectivity index (χ3v) is 4.37. The molecule has 1 saturated carbocycles. The minimum atomic E-state index is -4.47.